The van der Waals surface area contributed by atoms with Gasteiger partial charge in [-0.1, -0.05) is 12.1 Å². The number of anilines is 1. The van der Waals surface area contributed by atoms with E-state index < -0.39 is 25.0 Å². The van der Waals surface area contributed by atoms with Crippen molar-refractivity contribution in [2.75, 3.05) is 12.3 Å². The van der Waals surface area contributed by atoms with Crippen molar-refractivity contribution in [2.45, 2.75) is 12.5 Å². The molecule has 4 N–H and O–H groups in total. The summed E-state index contributed by atoms with van der Waals surface area (Å²) >= 11 is 0. The van der Waals surface area contributed by atoms with Crippen LogP contribution in [0.4, 0.5) is 14.5 Å². The van der Waals surface area contributed by atoms with Crippen LogP contribution in [0.25, 0.3) is 6.08 Å². The van der Waals surface area contributed by atoms with E-state index >= 15 is 0 Å². The Morgan fingerprint density at radius 2 is 2.00 bits per heavy atom. The van der Waals surface area contributed by atoms with Gasteiger partial charge in [0.05, 0.1) is 0 Å². The molecule has 1 aromatic rings. The summed E-state index contributed by atoms with van der Waals surface area (Å²) in [4.78, 5) is 11.2. The molecule has 0 saturated heterocycles. The molecule has 1 rings (SSSR count). The minimum absolute atomic E-state index is 0.484. The van der Waals surface area contributed by atoms with E-state index in [1.54, 1.807) is 24.3 Å². The predicted molar refractivity (Wildman–Crippen MR) is 64.9 cm³/mol. The molecule has 0 heterocycles. The van der Waals surface area contributed by atoms with Crippen LogP contribution < -0.4 is 11.1 Å². The van der Waals surface area contributed by atoms with E-state index in [9.17, 15) is 13.6 Å². The fourth-order valence-electron chi connectivity index (χ4n) is 1.13. The Labute approximate surface area is 103 Å². The van der Waals surface area contributed by atoms with E-state index in [0.29, 0.717) is 5.69 Å². The van der Waals surface area contributed by atoms with Crippen molar-refractivity contribution in [3.63, 3.8) is 0 Å². The van der Waals surface area contributed by atoms with Crippen molar-refractivity contribution < 1.29 is 18.7 Å². The Balaban J connectivity index is 2.42. The van der Waals surface area contributed by atoms with Crippen LogP contribution in [0.2, 0.25) is 0 Å². The fraction of sp³-hybridized carbons (Fsp3) is 0.250. The van der Waals surface area contributed by atoms with Crippen molar-refractivity contribution in [2.24, 2.45) is 0 Å². The first-order valence-corrected chi connectivity index (χ1v) is 5.26. The zero-order valence-electron chi connectivity index (χ0n) is 9.51. The first-order valence-electron chi connectivity index (χ1n) is 5.26. The third-order valence-corrected chi connectivity index (χ3v) is 2.14. The lowest BCUT2D eigenvalue weighted by molar-refractivity contribution is -0.117. The highest BCUT2D eigenvalue weighted by atomic mass is 19.3. The molecule has 1 aromatic carbocycles. The summed E-state index contributed by atoms with van der Waals surface area (Å²) in [5.41, 5.74) is 6.86. The van der Waals surface area contributed by atoms with E-state index in [2.05, 4.69) is 5.32 Å². The monoisotopic (exact) mass is 256 g/mol. The molecule has 6 heteroatoms. The number of alkyl halides is 2. The van der Waals surface area contributed by atoms with Crippen molar-refractivity contribution >= 4 is 17.7 Å². The highest BCUT2D eigenvalue weighted by Gasteiger charge is 2.16. The molecule has 0 aliphatic heterocycles. The number of carbonyl (C=O) groups excluding carboxylic acids is 1. The number of halogens is 2. The van der Waals surface area contributed by atoms with Gasteiger partial charge in [0.15, 0.2) is 0 Å². The molecule has 0 aromatic heterocycles. The van der Waals surface area contributed by atoms with Crippen LogP contribution in [0.3, 0.4) is 0 Å². The van der Waals surface area contributed by atoms with E-state index in [1.165, 1.54) is 12.2 Å². The Kier molecular flexibility index (Phi) is 5.26. The number of nitrogen functional groups attached to an aromatic ring is 1. The number of nitrogens with two attached hydrogens (primary N) is 1. The molecule has 0 bridgehead atoms. The second kappa shape index (κ2) is 6.70. The largest absolute Gasteiger partial charge is 0.399 e. The quantitative estimate of drug-likeness (QED) is 0.544. The highest BCUT2D eigenvalue weighted by molar-refractivity contribution is 5.91. The second-order valence-electron chi connectivity index (χ2n) is 3.65. The number of rotatable bonds is 5. The topological polar surface area (TPSA) is 75.4 Å². The molecule has 0 fully saturated rings. The lowest BCUT2D eigenvalue weighted by Crippen LogP contribution is -2.34. The zero-order valence-corrected chi connectivity index (χ0v) is 9.51. The number of aliphatic hydroxyl groups is 1. The SMILES string of the molecule is Nc1ccc(/C=C/C(=O)NCC(O)C(F)F)cc1. The minimum atomic E-state index is -2.87. The lowest BCUT2D eigenvalue weighted by atomic mass is 10.2. The van der Waals surface area contributed by atoms with Crippen molar-refractivity contribution in [1.29, 1.82) is 0 Å². The summed E-state index contributed by atoms with van der Waals surface area (Å²) in [6.45, 7) is -0.484. The molecule has 4 nitrogen and oxygen atoms in total. The van der Waals surface area contributed by atoms with E-state index in [-0.39, 0.29) is 0 Å². The van der Waals surface area contributed by atoms with Gasteiger partial charge in [-0.25, -0.2) is 8.78 Å². The summed E-state index contributed by atoms with van der Waals surface area (Å²) in [6.07, 6.45) is -2.00. The van der Waals surface area contributed by atoms with Gasteiger partial charge in [-0.15, -0.1) is 0 Å². The minimum Gasteiger partial charge on any atom is -0.399 e. The van der Waals surface area contributed by atoms with Crippen molar-refractivity contribution in [3.05, 3.63) is 35.9 Å². The Hall–Kier alpha value is -1.95. The standard InChI is InChI=1S/C12H14F2N2O2/c13-12(14)10(17)7-16-11(18)6-3-8-1-4-9(15)5-2-8/h1-6,10,12,17H,7,15H2,(H,16,18)/b6-3+. The number of benzene rings is 1. The third kappa shape index (κ3) is 4.92. The average Bonchev–Trinajstić information content (AvgIpc) is 2.35. The molecular weight excluding hydrogens is 242 g/mol. The van der Waals surface area contributed by atoms with Crippen LogP contribution in [0.1, 0.15) is 5.56 Å². The lowest BCUT2D eigenvalue weighted by Gasteiger charge is -2.08. The summed E-state index contributed by atoms with van der Waals surface area (Å²) in [5, 5.41) is 11.0. The van der Waals surface area contributed by atoms with Gasteiger partial charge in [0, 0.05) is 18.3 Å². The van der Waals surface area contributed by atoms with E-state index in [4.69, 9.17) is 10.8 Å². The first-order chi connectivity index (χ1) is 8.49. The van der Waals surface area contributed by atoms with Gasteiger partial charge in [-0.05, 0) is 23.8 Å². The van der Waals surface area contributed by atoms with Crippen molar-refractivity contribution in [3.8, 4) is 0 Å². The fourth-order valence-corrected chi connectivity index (χ4v) is 1.13. The normalized spacial score (nSPS) is 12.9. The van der Waals surface area contributed by atoms with Gasteiger partial charge in [-0.2, -0.15) is 0 Å². The number of carbonyl (C=O) groups is 1. The van der Waals surface area contributed by atoms with Gasteiger partial charge in [0.2, 0.25) is 5.91 Å². The molecule has 1 unspecified atom stereocenters. The van der Waals surface area contributed by atoms with Crippen LogP contribution >= 0.6 is 0 Å². The number of nitrogens with one attached hydrogen (secondary N) is 1. The van der Waals surface area contributed by atoms with Crippen LogP contribution in [-0.4, -0.2) is 30.1 Å². The van der Waals surface area contributed by atoms with Crippen LogP contribution in [0.15, 0.2) is 30.3 Å². The number of aliphatic hydroxyl groups excluding tert-OH is 1. The highest BCUT2D eigenvalue weighted by Crippen LogP contribution is 2.06. The third-order valence-electron chi connectivity index (χ3n) is 2.14. The van der Waals surface area contributed by atoms with E-state index in [0.717, 1.165) is 5.56 Å². The number of amides is 1. The maximum atomic E-state index is 11.9. The van der Waals surface area contributed by atoms with Crippen LogP contribution in [0, 0.1) is 0 Å². The first kappa shape index (κ1) is 14.1. The number of hydrogen-bond acceptors (Lipinski definition) is 3. The molecule has 0 spiro atoms. The molecule has 0 radical (unpaired) electrons. The van der Waals surface area contributed by atoms with E-state index in [1.807, 2.05) is 0 Å². The summed E-state index contributed by atoms with van der Waals surface area (Å²) < 4.78 is 23.9. The van der Waals surface area contributed by atoms with Gasteiger partial charge in [0.25, 0.3) is 6.43 Å². The molecule has 0 aliphatic carbocycles. The zero-order chi connectivity index (χ0) is 13.5. The Morgan fingerprint density at radius 3 is 2.56 bits per heavy atom. The Morgan fingerprint density at radius 1 is 1.39 bits per heavy atom. The molecule has 0 aliphatic rings. The van der Waals surface area contributed by atoms with Crippen LogP contribution in [0.5, 0.6) is 0 Å². The van der Waals surface area contributed by atoms with Crippen LogP contribution in [-0.2, 0) is 4.79 Å². The van der Waals surface area contributed by atoms with Gasteiger partial charge in [0.1, 0.15) is 6.10 Å². The Bertz CT molecular complexity index is 419. The molecule has 98 valence electrons. The molecule has 1 amide bonds. The smallest absolute Gasteiger partial charge is 0.265 e. The second-order valence-corrected chi connectivity index (χ2v) is 3.65. The average molecular weight is 256 g/mol. The van der Waals surface area contributed by atoms with Crippen molar-refractivity contribution in [1.82, 2.24) is 5.32 Å². The predicted octanol–water partition coefficient (Wildman–Crippen LogP) is 1.02. The maximum Gasteiger partial charge on any atom is 0.265 e. The number of hydrogen-bond donors (Lipinski definition) is 3. The summed E-state index contributed by atoms with van der Waals surface area (Å²) in [5.74, 6) is -0.550. The maximum absolute atomic E-state index is 11.9. The molecular formula is C12H14F2N2O2. The molecule has 1 atom stereocenters. The molecule has 18 heavy (non-hydrogen) atoms. The summed E-state index contributed by atoms with van der Waals surface area (Å²) in [6, 6.07) is 6.79. The van der Waals surface area contributed by atoms with Gasteiger partial charge in [-0.3, -0.25) is 4.79 Å². The summed E-state index contributed by atoms with van der Waals surface area (Å²) in [7, 11) is 0. The van der Waals surface area contributed by atoms with Gasteiger partial charge >= 0.3 is 0 Å². The van der Waals surface area contributed by atoms with Gasteiger partial charge < -0.3 is 16.2 Å². The molecule has 0 saturated carbocycles.